The zero-order valence-electron chi connectivity index (χ0n) is 15.6. The third-order valence-electron chi connectivity index (χ3n) is 3.93. The van der Waals surface area contributed by atoms with Crippen molar-refractivity contribution in [2.75, 3.05) is 20.1 Å². The molecule has 0 aliphatic carbocycles. The Bertz CT molecular complexity index is 740. The van der Waals surface area contributed by atoms with Crippen molar-refractivity contribution in [2.24, 2.45) is 4.99 Å². The van der Waals surface area contributed by atoms with Crippen molar-refractivity contribution in [3.05, 3.63) is 71.5 Å². The van der Waals surface area contributed by atoms with Gasteiger partial charge in [-0.1, -0.05) is 42.5 Å². The summed E-state index contributed by atoms with van der Waals surface area (Å²) in [6.07, 6.45) is 0. The van der Waals surface area contributed by atoms with Crippen LogP contribution in [-0.4, -0.2) is 36.9 Å². The average molecular weight is 484 g/mol. The van der Waals surface area contributed by atoms with Crippen molar-refractivity contribution < 1.29 is 9.18 Å². The predicted molar refractivity (Wildman–Crippen MR) is 118 cm³/mol. The summed E-state index contributed by atoms with van der Waals surface area (Å²) in [5.74, 6) is 0.213. The van der Waals surface area contributed by atoms with E-state index in [0.29, 0.717) is 25.6 Å². The van der Waals surface area contributed by atoms with Crippen molar-refractivity contribution in [1.82, 2.24) is 15.5 Å². The van der Waals surface area contributed by atoms with Crippen LogP contribution < -0.4 is 10.6 Å². The Hall–Kier alpha value is -2.16. The first-order valence-electron chi connectivity index (χ1n) is 8.63. The molecule has 0 heterocycles. The fourth-order valence-corrected chi connectivity index (χ4v) is 2.50. The van der Waals surface area contributed by atoms with Gasteiger partial charge in [0.2, 0.25) is 5.91 Å². The summed E-state index contributed by atoms with van der Waals surface area (Å²) in [5, 5.41) is 6.08. The third kappa shape index (κ3) is 7.94. The van der Waals surface area contributed by atoms with Crippen LogP contribution in [-0.2, 0) is 17.9 Å². The molecule has 146 valence electrons. The van der Waals surface area contributed by atoms with Crippen LogP contribution in [0, 0.1) is 5.82 Å². The Kier molecular flexibility index (Phi) is 10.4. The third-order valence-corrected chi connectivity index (χ3v) is 3.93. The summed E-state index contributed by atoms with van der Waals surface area (Å²) < 4.78 is 13.2. The molecule has 2 aromatic carbocycles. The first-order chi connectivity index (χ1) is 12.6. The van der Waals surface area contributed by atoms with Crippen LogP contribution in [0.3, 0.4) is 0 Å². The Morgan fingerprint density at radius 1 is 1.07 bits per heavy atom. The minimum absolute atomic E-state index is 0. The molecule has 0 saturated heterocycles. The average Bonchev–Trinajstić information content (AvgIpc) is 2.67. The van der Waals surface area contributed by atoms with Gasteiger partial charge in [0.05, 0.1) is 6.54 Å². The molecule has 2 N–H and O–H groups in total. The fraction of sp³-hybridized carbons (Fsp3) is 0.300. The summed E-state index contributed by atoms with van der Waals surface area (Å²) in [7, 11) is 1.63. The van der Waals surface area contributed by atoms with Crippen molar-refractivity contribution in [1.29, 1.82) is 0 Å². The summed E-state index contributed by atoms with van der Waals surface area (Å²) in [4.78, 5) is 18.3. The molecule has 0 spiro atoms. The molecule has 0 saturated carbocycles. The molecule has 0 radical (unpaired) electrons. The molecule has 5 nitrogen and oxygen atoms in total. The van der Waals surface area contributed by atoms with Gasteiger partial charge in [0, 0.05) is 26.7 Å². The van der Waals surface area contributed by atoms with Crippen LogP contribution in [0.15, 0.2) is 59.6 Å². The van der Waals surface area contributed by atoms with E-state index in [1.54, 1.807) is 18.0 Å². The maximum absolute atomic E-state index is 13.2. The first-order valence-corrected chi connectivity index (χ1v) is 8.63. The predicted octanol–water partition coefficient (Wildman–Crippen LogP) is 3.16. The number of aliphatic imine (C=N–C) groups is 1. The zero-order valence-corrected chi connectivity index (χ0v) is 17.9. The molecule has 0 aromatic heterocycles. The van der Waals surface area contributed by atoms with E-state index in [1.807, 2.05) is 43.3 Å². The Labute approximate surface area is 177 Å². The SMILES string of the molecule is CCN(Cc1ccccc1)C(=O)CNC(=NC)NCc1cccc(F)c1.I. The van der Waals surface area contributed by atoms with Crippen molar-refractivity contribution in [3.63, 3.8) is 0 Å². The summed E-state index contributed by atoms with van der Waals surface area (Å²) in [6.45, 7) is 3.73. The van der Waals surface area contributed by atoms with Gasteiger partial charge >= 0.3 is 0 Å². The maximum atomic E-state index is 13.2. The van der Waals surface area contributed by atoms with Gasteiger partial charge in [0.25, 0.3) is 0 Å². The van der Waals surface area contributed by atoms with Crippen LogP contribution >= 0.6 is 24.0 Å². The van der Waals surface area contributed by atoms with Crippen molar-refractivity contribution in [3.8, 4) is 0 Å². The van der Waals surface area contributed by atoms with Gasteiger partial charge in [-0.15, -0.1) is 24.0 Å². The molecule has 0 bridgehead atoms. The van der Waals surface area contributed by atoms with E-state index in [1.165, 1.54) is 12.1 Å². The molecular weight excluding hydrogens is 458 g/mol. The van der Waals surface area contributed by atoms with Crippen LogP contribution in [0.4, 0.5) is 4.39 Å². The highest BCUT2D eigenvalue weighted by molar-refractivity contribution is 14.0. The Morgan fingerprint density at radius 2 is 1.78 bits per heavy atom. The number of rotatable bonds is 7. The highest BCUT2D eigenvalue weighted by Gasteiger charge is 2.12. The number of halogens is 2. The quantitative estimate of drug-likeness (QED) is 0.361. The molecular formula is C20H26FIN4O. The van der Waals surface area contributed by atoms with E-state index in [9.17, 15) is 9.18 Å². The molecule has 0 fully saturated rings. The highest BCUT2D eigenvalue weighted by Crippen LogP contribution is 2.04. The molecule has 2 aromatic rings. The normalized spacial score (nSPS) is 10.7. The molecule has 0 unspecified atom stereocenters. The lowest BCUT2D eigenvalue weighted by Gasteiger charge is -2.22. The van der Waals surface area contributed by atoms with Gasteiger partial charge in [-0.2, -0.15) is 0 Å². The lowest BCUT2D eigenvalue weighted by atomic mass is 10.2. The minimum Gasteiger partial charge on any atom is -0.352 e. The number of nitrogens with one attached hydrogen (secondary N) is 2. The zero-order chi connectivity index (χ0) is 18.8. The van der Waals surface area contributed by atoms with Crippen LogP contribution in [0.25, 0.3) is 0 Å². The van der Waals surface area contributed by atoms with Gasteiger partial charge in [0.1, 0.15) is 5.82 Å². The monoisotopic (exact) mass is 484 g/mol. The number of nitrogens with zero attached hydrogens (tertiary/aromatic N) is 2. The Morgan fingerprint density at radius 3 is 2.41 bits per heavy atom. The molecule has 0 aliphatic rings. The van der Waals surface area contributed by atoms with E-state index in [4.69, 9.17) is 0 Å². The largest absolute Gasteiger partial charge is 0.352 e. The number of hydrogen-bond donors (Lipinski definition) is 2. The minimum atomic E-state index is -0.276. The van der Waals surface area contributed by atoms with Crippen LogP contribution in [0.5, 0.6) is 0 Å². The van der Waals surface area contributed by atoms with Crippen molar-refractivity contribution in [2.45, 2.75) is 20.0 Å². The van der Waals surface area contributed by atoms with E-state index >= 15 is 0 Å². The standard InChI is InChI=1S/C20H25FN4O.HI/c1-3-25(15-16-8-5-4-6-9-16)19(26)14-24-20(22-2)23-13-17-10-7-11-18(21)12-17;/h4-12H,3,13-15H2,1-2H3,(H2,22,23,24);1H. The van der Waals surface area contributed by atoms with Crippen molar-refractivity contribution >= 4 is 35.8 Å². The molecule has 1 amide bonds. The smallest absolute Gasteiger partial charge is 0.242 e. The first kappa shape index (κ1) is 22.9. The molecule has 27 heavy (non-hydrogen) atoms. The molecule has 0 aliphatic heterocycles. The second kappa shape index (κ2) is 12.3. The highest BCUT2D eigenvalue weighted by atomic mass is 127. The lowest BCUT2D eigenvalue weighted by molar-refractivity contribution is -0.130. The number of amides is 1. The number of likely N-dealkylation sites (N-methyl/N-ethyl adjacent to an activating group) is 1. The fourth-order valence-electron chi connectivity index (χ4n) is 2.50. The second-order valence-electron chi connectivity index (χ2n) is 5.80. The van der Waals surface area contributed by atoms with Crippen LogP contribution in [0.1, 0.15) is 18.1 Å². The van der Waals surface area contributed by atoms with Crippen LogP contribution in [0.2, 0.25) is 0 Å². The van der Waals surface area contributed by atoms with E-state index < -0.39 is 0 Å². The number of carbonyl (C=O) groups is 1. The summed E-state index contributed by atoms with van der Waals surface area (Å²) in [5.41, 5.74) is 1.90. The molecule has 0 atom stereocenters. The van der Waals surface area contributed by atoms with E-state index in [0.717, 1.165) is 11.1 Å². The number of guanidine groups is 1. The molecule has 7 heteroatoms. The van der Waals surface area contributed by atoms with Gasteiger partial charge in [0.15, 0.2) is 5.96 Å². The number of carbonyl (C=O) groups excluding carboxylic acids is 1. The number of hydrogen-bond acceptors (Lipinski definition) is 2. The molecule has 2 rings (SSSR count). The number of benzene rings is 2. The van der Waals surface area contributed by atoms with E-state index in [2.05, 4.69) is 15.6 Å². The van der Waals surface area contributed by atoms with Gasteiger partial charge in [-0.05, 0) is 30.2 Å². The van der Waals surface area contributed by atoms with Gasteiger partial charge < -0.3 is 15.5 Å². The summed E-state index contributed by atoms with van der Waals surface area (Å²) >= 11 is 0. The topological polar surface area (TPSA) is 56.7 Å². The maximum Gasteiger partial charge on any atom is 0.242 e. The van der Waals surface area contributed by atoms with Gasteiger partial charge in [-0.3, -0.25) is 9.79 Å². The lowest BCUT2D eigenvalue weighted by Crippen LogP contribution is -2.44. The van der Waals surface area contributed by atoms with Gasteiger partial charge in [-0.25, -0.2) is 4.39 Å². The van der Waals surface area contributed by atoms with E-state index in [-0.39, 0.29) is 42.2 Å². The Balaban J connectivity index is 0.00000364. The summed E-state index contributed by atoms with van der Waals surface area (Å²) in [6, 6.07) is 16.2. The second-order valence-corrected chi connectivity index (χ2v) is 5.80.